The molecule has 0 unspecified atom stereocenters. The van der Waals surface area contributed by atoms with Crippen molar-refractivity contribution in [3.05, 3.63) is 46.8 Å². The monoisotopic (exact) mass is 684 g/mol. The third-order valence-corrected chi connectivity index (χ3v) is 8.63. The second-order valence-corrected chi connectivity index (χ2v) is 11.8. The number of thiophene rings is 1. The third-order valence-electron chi connectivity index (χ3n) is 7.61. The van der Waals surface area contributed by atoms with Crippen molar-refractivity contribution in [3.63, 3.8) is 0 Å². The number of hydrogen-bond acceptors (Lipinski definition) is 12. The Hall–Kier alpha value is -3.50. The van der Waals surface area contributed by atoms with Gasteiger partial charge in [-0.1, -0.05) is 24.3 Å². The number of aliphatic hydroxyl groups is 1. The fourth-order valence-corrected chi connectivity index (χ4v) is 6.39. The highest BCUT2D eigenvalue weighted by Gasteiger charge is 2.37. The molecule has 4 aromatic rings. The summed E-state index contributed by atoms with van der Waals surface area (Å²) in [4.78, 5) is 11.1. The number of nitrogens with one attached hydrogen (secondary N) is 1. The number of aliphatic hydroxyl groups excluding tert-OH is 1. The van der Waals surface area contributed by atoms with Gasteiger partial charge in [0.05, 0.1) is 50.5 Å². The Morgan fingerprint density at radius 3 is 2.46 bits per heavy atom. The minimum absolute atomic E-state index is 0. The van der Waals surface area contributed by atoms with Crippen LogP contribution in [-0.2, 0) is 17.7 Å². The van der Waals surface area contributed by atoms with Gasteiger partial charge in [0.25, 0.3) is 5.88 Å². The van der Waals surface area contributed by atoms with Crippen LogP contribution in [0.5, 0.6) is 17.6 Å². The maximum Gasteiger partial charge on any atom is 0.393 e. The summed E-state index contributed by atoms with van der Waals surface area (Å²) < 4.78 is 60.4. The van der Waals surface area contributed by atoms with Gasteiger partial charge < -0.3 is 34.3 Å². The molecule has 0 saturated heterocycles. The normalized spacial score (nSPS) is 18.0. The Bertz CT molecular complexity index is 1600. The van der Waals surface area contributed by atoms with E-state index >= 15 is 0 Å². The van der Waals surface area contributed by atoms with Gasteiger partial charge >= 0.3 is 12.2 Å². The second kappa shape index (κ2) is 15.4. The summed E-state index contributed by atoms with van der Waals surface area (Å²) in [5.74, 6) is 1.20. The van der Waals surface area contributed by atoms with Gasteiger partial charge in [0.2, 0.25) is 0 Å². The van der Waals surface area contributed by atoms with Gasteiger partial charge in [0.1, 0.15) is 17.3 Å². The number of benzene rings is 1. The van der Waals surface area contributed by atoms with Crippen molar-refractivity contribution in [2.45, 2.75) is 50.2 Å². The quantitative estimate of drug-likeness (QED) is 0.188. The number of anilines is 1. The van der Waals surface area contributed by atoms with Gasteiger partial charge in [-0.2, -0.15) is 23.1 Å². The van der Waals surface area contributed by atoms with Gasteiger partial charge in [-0.25, -0.2) is 0 Å². The summed E-state index contributed by atoms with van der Waals surface area (Å²) in [7, 11) is 6.33. The molecule has 1 aliphatic rings. The molecular weight excluding hydrogens is 649 g/mol. The fourth-order valence-electron chi connectivity index (χ4n) is 5.34. The molecule has 0 amide bonds. The topological polar surface area (TPSA) is 124 Å². The van der Waals surface area contributed by atoms with E-state index in [2.05, 4.69) is 25.5 Å². The van der Waals surface area contributed by atoms with Crippen molar-refractivity contribution in [1.82, 2.24) is 25.5 Å². The van der Waals surface area contributed by atoms with Crippen LogP contribution in [0.2, 0.25) is 0 Å². The van der Waals surface area contributed by atoms with Crippen molar-refractivity contribution < 1.29 is 37.2 Å². The Kier molecular flexibility index (Phi) is 11.8. The van der Waals surface area contributed by atoms with E-state index in [1.54, 1.807) is 27.3 Å². The molecule has 46 heavy (non-hydrogen) atoms. The lowest BCUT2D eigenvalue weighted by molar-refractivity contribution is -0.126. The molecule has 1 saturated carbocycles. The minimum atomic E-state index is -4.34. The van der Waals surface area contributed by atoms with E-state index < -0.39 is 18.7 Å². The molecule has 5 rings (SSSR count). The van der Waals surface area contributed by atoms with Gasteiger partial charge in [0.15, 0.2) is 5.75 Å². The molecule has 2 N–H and O–H groups in total. The first-order chi connectivity index (χ1) is 21.6. The zero-order chi connectivity index (χ0) is 32.1. The van der Waals surface area contributed by atoms with E-state index in [0.717, 1.165) is 22.5 Å². The van der Waals surface area contributed by atoms with Crippen molar-refractivity contribution in [2.24, 2.45) is 0 Å². The first-order valence-corrected chi connectivity index (χ1v) is 15.1. The molecule has 3 heterocycles. The van der Waals surface area contributed by atoms with Crippen molar-refractivity contribution in [2.75, 3.05) is 46.5 Å². The van der Waals surface area contributed by atoms with Crippen LogP contribution >= 0.6 is 23.7 Å². The number of aromatic nitrogens is 4. The lowest BCUT2D eigenvalue weighted by Crippen LogP contribution is -2.38. The summed E-state index contributed by atoms with van der Waals surface area (Å²) in [6, 6.07) is 10.9. The summed E-state index contributed by atoms with van der Waals surface area (Å²) >= 11 is 0.964. The van der Waals surface area contributed by atoms with E-state index in [-0.39, 0.29) is 35.4 Å². The van der Waals surface area contributed by atoms with Crippen LogP contribution in [0.4, 0.5) is 19.0 Å². The zero-order valence-electron chi connectivity index (χ0n) is 25.7. The number of fused-ring (bicyclic) bond motifs is 1. The number of halogens is 4. The molecule has 0 radical (unpaired) electrons. The number of rotatable bonds is 13. The molecule has 1 fully saturated rings. The summed E-state index contributed by atoms with van der Waals surface area (Å²) in [5.41, 5.74) is 2.55. The number of ether oxygens (including phenoxy) is 4. The smallest absolute Gasteiger partial charge is 0.393 e. The highest BCUT2D eigenvalue weighted by molar-refractivity contribution is 7.18. The molecule has 1 aromatic carbocycles. The lowest BCUT2D eigenvalue weighted by atomic mass is 10.1. The maximum atomic E-state index is 13.1. The molecule has 3 aromatic heterocycles. The average molecular weight is 685 g/mol. The molecular formula is C30H36ClF3N6O5S. The fraction of sp³-hybridized carbons (Fsp3) is 0.467. The van der Waals surface area contributed by atoms with Crippen LogP contribution in [0.1, 0.15) is 23.3 Å². The first-order valence-electron chi connectivity index (χ1n) is 14.3. The predicted molar refractivity (Wildman–Crippen MR) is 170 cm³/mol. The average Bonchev–Trinajstić information content (AvgIpc) is 3.60. The Morgan fingerprint density at radius 1 is 1.02 bits per heavy atom. The van der Waals surface area contributed by atoms with Crippen LogP contribution < -0.4 is 24.4 Å². The molecule has 0 aliphatic heterocycles. The van der Waals surface area contributed by atoms with E-state index in [0.29, 0.717) is 66.0 Å². The van der Waals surface area contributed by atoms with Gasteiger partial charge in [-0.3, -0.25) is 0 Å². The van der Waals surface area contributed by atoms with Crippen LogP contribution in [0.3, 0.4) is 0 Å². The van der Waals surface area contributed by atoms with Crippen molar-refractivity contribution in [3.8, 4) is 28.9 Å². The molecule has 250 valence electrons. The molecule has 0 spiro atoms. The largest absolute Gasteiger partial charge is 0.491 e. The van der Waals surface area contributed by atoms with Gasteiger partial charge in [-0.05, 0) is 24.5 Å². The number of alkyl halides is 3. The van der Waals surface area contributed by atoms with Gasteiger partial charge in [-0.15, -0.1) is 33.9 Å². The maximum absolute atomic E-state index is 13.1. The standard InChI is InChI=1S/C30H35F3N6O5S.ClH/c1-39(26-21-13-20(15-30(31,32)33)45-28(21)36-29(35-26)43-4)23-11-19(12-24(23)40)34-16-17-5-7-18(8-6-17)22-14-25(42-3)27(38-37-22)44-10-9-41-2;/h5-8,13-14,19,23-24,34,40H,9-12,15-16H2,1-4H3;1H/t19-,23+,24-;/m1./s1. The Labute approximate surface area is 274 Å². The van der Waals surface area contributed by atoms with E-state index in [4.69, 9.17) is 18.9 Å². The van der Waals surface area contributed by atoms with Crippen LogP contribution in [0.15, 0.2) is 36.4 Å². The summed E-state index contributed by atoms with van der Waals surface area (Å²) in [6.07, 6.45) is -4.93. The van der Waals surface area contributed by atoms with E-state index in [9.17, 15) is 18.3 Å². The number of likely N-dealkylation sites (N-methyl/N-ethyl adjacent to an activating group) is 1. The molecule has 16 heteroatoms. The highest BCUT2D eigenvalue weighted by Crippen LogP contribution is 2.37. The first kappa shape index (κ1) is 35.4. The Balaban J connectivity index is 0.00000480. The van der Waals surface area contributed by atoms with Crippen LogP contribution in [0, 0.1) is 0 Å². The SMILES string of the molecule is COCCOc1nnc(-c2ccc(CN[C@H]3C[C@@H](O)[C@@H](N(C)c4nc(OC)nc5sc(CC(F)(F)F)cc45)C3)cc2)cc1OC.Cl. The Morgan fingerprint density at radius 2 is 1.78 bits per heavy atom. The molecule has 3 atom stereocenters. The number of hydrogen-bond donors (Lipinski definition) is 2. The second-order valence-electron chi connectivity index (χ2n) is 10.7. The number of methoxy groups -OCH3 is 3. The lowest BCUT2D eigenvalue weighted by Gasteiger charge is -2.28. The molecule has 11 nitrogen and oxygen atoms in total. The molecule has 0 bridgehead atoms. The highest BCUT2D eigenvalue weighted by atomic mass is 35.5. The van der Waals surface area contributed by atoms with E-state index in [1.165, 1.54) is 13.2 Å². The summed E-state index contributed by atoms with van der Waals surface area (Å²) in [5, 5.41) is 23.4. The van der Waals surface area contributed by atoms with Crippen LogP contribution in [0.25, 0.3) is 21.5 Å². The summed E-state index contributed by atoms with van der Waals surface area (Å²) in [6.45, 7) is 1.33. The minimum Gasteiger partial charge on any atom is -0.491 e. The van der Waals surface area contributed by atoms with Crippen LogP contribution in [-0.4, -0.2) is 91.2 Å². The third kappa shape index (κ3) is 8.45. The van der Waals surface area contributed by atoms with Crippen molar-refractivity contribution >= 4 is 39.8 Å². The predicted octanol–water partition coefficient (Wildman–Crippen LogP) is 4.84. The molecule has 1 aliphatic carbocycles. The van der Waals surface area contributed by atoms with E-state index in [1.807, 2.05) is 29.2 Å². The number of nitrogens with zero attached hydrogens (tertiary/aromatic N) is 5. The van der Waals surface area contributed by atoms with Gasteiger partial charge in [0, 0.05) is 43.3 Å². The zero-order valence-corrected chi connectivity index (χ0v) is 27.3. The van der Waals surface area contributed by atoms with Crippen molar-refractivity contribution in [1.29, 1.82) is 0 Å².